The van der Waals surface area contributed by atoms with Gasteiger partial charge in [-0.25, -0.2) is 0 Å². The van der Waals surface area contributed by atoms with Crippen LogP contribution in [0.25, 0.3) is 6.08 Å². The Balaban J connectivity index is 1.43. The van der Waals surface area contributed by atoms with Gasteiger partial charge in [-0.2, -0.15) is 0 Å². The summed E-state index contributed by atoms with van der Waals surface area (Å²) >= 11 is 0. The molecule has 0 unspecified atom stereocenters. The average molecular weight is 360 g/mol. The molecule has 0 radical (unpaired) electrons. The van der Waals surface area contributed by atoms with Gasteiger partial charge in [0.25, 0.3) is 5.91 Å². The summed E-state index contributed by atoms with van der Waals surface area (Å²) in [5.74, 6) is -0.534. The van der Waals surface area contributed by atoms with Crippen molar-refractivity contribution in [2.24, 2.45) is 11.1 Å². The first-order chi connectivity index (χ1) is 13.2. The Labute approximate surface area is 155 Å². The minimum atomic E-state index is -0.880. The third-order valence-corrected chi connectivity index (χ3v) is 5.05. The van der Waals surface area contributed by atoms with Crippen LogP contribution in [-0.2, 0) is 21.0 Å². The summed E-state index contributed by atoms with van der Waals surface area (Å²) in [5.41, 5.74) is 3.07. The van der Waals surface area contributed by atoms with Gasteiger partial charge in [0.1, 0.15) is 24.0 Å². The molecule has 6 nitrogen and oxygen atoms in total. The van der Waals surface area contributed by atoms with Gasteiger partial charge in [-0.1, -0.05) is 53.7 Å². The molecule has 0 saturated carbocycles. The third kappa shape index (κ3) is 2.52. The van der Waals surface area contributed by atoms with E-state index in [1.54, 1.807) is 0 Å². The molecule has 5 rings (SSSR count). The lowest BCUT2D eigenvalue weighted by atomic mass is 9.92. The van der Waals surface area contributed by atoms with Crippen LogP contribution in [-0.4, -0.2) is 35.1 Å². The lowest BCUT2D eigenvalue weighted by Crippen LogP contribution is -2.33. The van der Waals surface area contributed by atoms with Crippen molar-refractivity contribution in [3.05, 3.63) is 71.3 Å². The van der Waals surface area contributed by atoms with Gasteiger partial charge in [-0.15, -0.1) is 0 Å². The number of nitrogens with zero attached hydrogens (tertiary/aromatic N) is 2. The summed E-state index contributed by atoms with van der Waals surface area (Å²) in [6.07, 6.45) is 1.07. The number of carbonyl (C=O) groups is 2. The van der Waals surface area contributed by atoms with Gasteiger partial charge in [0.2, 0.25) is 12.0 Å². The van der Waals surface area contributed by atoms with Crippen LogP contribution >= 0.6 is 0 Å². The van der Waals surface area contributed by atoms with Gasteiger partial charge >= 0.3 is 0 Å². The molecule has 1 fully saturated rings. The Morgan fingerprint density at radius 3 is 2.63 bits per heavy atom. The van der Waals surface area contributed by atoms with E-state index in [1.165, 1.54) is 4.90 Å². The van der Waals surface area contributed by atoms with Crippen LogP contribution in [0.2, 0.25) is 0 Å². The van der Waals surface area contributed by atoms with E-state index in [1.807, 2.05) is 60.7 Å². The number of fused-ring (bicyclic) bond motifs is 2. The van der Waals surface area contributed by atoms with E-state index in [0.29, 0.717) is 12.3 Å². The number of imide groups is 1. The number of benzene rings is 2. The second-order valence-electron chi connectivity index (χ2n) is 6.72. The molecule has 6 heteroatoms. The summed E-state index contributed by atoms with van der Waals surface area (Å²) in [6, 6.07) is 17.1. The Bertz CT molecular complexity index is 996. The van der Waals surface area contributed by atoms with E-state index >= 15 is 0 Å². The van der Waals surface area contributed by atoms with Crippen molar-refractivity contribution in [3.63, 3.8) is 0 Å². The zero-order valence-corrected chi connectivity index (χ0v) is 14.4. The zero-order chi connectivity index (χ0) is 18.4. The molecule has 2 aromatic rings. The molecule has 1 saturated heterocycles. The summed E-state index contributed by atoms with van der Waals surface area (Å²) in [7, 11) is 0. The van der Waals surface area contributed by atoms with Crippen molar-refractivity contribution in [2.75, 3.05) is 6.61 Å². The van der Waals surface area contributed by atoms with Crippen molar-refractivity contribution < 1.29 is 19.2 Å². The van der Waals surface area contributed by atoms with Crippen LogP contribution in [0.4, 0.5) is 0 Å². The van der Waals surface area contributed by atoms with Crippen LogP contribution in [0.1, 0.15) is 11.1 Å². The lowest BCUT2D eigenvalue weighted by Gasteiger charge is -2.19. The molecule has 27 heavy (non-hydrogen) atoms. The number of amides is 2. The second kappa shape index (κ2) is 6.09. The highest BCUT2D eigenvalue weighted by molar-refractivity contribution is 6.24. The SMILES string of the molecule is O=C1[C@H]2C(C3=Cc4ccccc4OC3)=NO[C@H]2C(=O)N1Cc1ccccc1. The number of ether oxygens (including phenoxy) is 1. The van der Waals surface area contributed by atoms with E-state index in [-0.39, 0.29) is 18.4 Å². The standard InChI is InChI=1S/C21H16N2O4/c24-20-17-18(15-10-14-8-4-5-9-16(14)26-12-15)22-27-19(17)21(25)23(20)11-13-6-2-1-3-7-13/h1-10,17,19H,11-12H2/t17-,19+/m0/s1. The van der Waals surface area contributed by atoms with Gasteiger partial charge in [0.05, 0.1) is 6.54 Å². The Kier molecular flexibility index (Phi) is 3.57. The highest BCUT2D eigenvalue weighted by Crippen LogP contribution is 2.35. The number of hydrogen-bond acceptors (Lipinski definition) is 5. The normalized spacial score (nSPS) is 23.2. The van der Waals surface area contributed by atoms with E-state index < -0.39 is 12.0 Å². The van der Waals surface area contributed by atoms with Crippen molar-refractivity contribution in [1.29, 1.82) is 0 Å². The number of hydrogen-bond donors (Lipinski definition) is 0. The molecule has 0 spiro atoms. The predicted octanol–water partition coefficient (Wildman–Crippen LogP) is 2.40. The molecule has 2 amide bonds. The third-order valence-electron chi connectivity index (χ3n) is 5.05. The Morgan fingerprint density at radius 2 is 1.78 bits per heavy atom. The minimum absolute atomic E-state index is 0.237. The van der Waals surface area contributed by atoms with Crippen molar-refractivity contribution >= 4 is 23.6 Å². The van der Waals surface area contributed by atoms with Gasteiger partial charge in [-0.3, -0.25) is 14.5 Å². The fraction of sp³-hybridized carbons (Fsp3) is 0.190. The van der Waals surface area contributed by atoms with Crippen molar-refractivity contribution in [2.45, 2.75) is 12.6 Å². The number of oxime groups is 1. The van der Waals surface area contributed by atoms with Crippen LogP contribution in [0.5, 0.6) is 5.75 Å². The Hall–Kier alpha value is -3.41. The van der Waals surface area contributed by atoms with Crippen LogP contribution in [0.15, 0.2) is 65.3 Å². The Morgan fingerprint density at radius 1 is 1.00 bits per heavy atom. The quantitative estimate of drug-likeness (QED) is 0.789. The smallest absolute Gasteiger partial charge is 0.274 e. The van der Waals surface area contributed by atoms with Crippen LogP contribution in [0.3, 0.4) is 0 Å². The summed E-state index contributed by atoms with van der Waals surface area (Å²) in [4.78, 5) is 32.3. The molecule has 134 valence electrons. The zero-order valence-electron chi connectivity index (χ0n) is 14.4. The van der Waals surface area contributed by atoms with E-state index in [4.69, 9.17) is 9.57 Å². The summed E-state index contributed by atoms with van der Waals surface area (Å²) in [5, 5.41) is 4.06. The molecular formula is C21H16N2O4. The first-order valence-corrected chi connectivity index (χ1v) is 8.78. The molecule has 0 bridgehead atoms. The maximum atomic E-state index is 13.0. The first-order valence-electron chi connectivity index (χ1n) is 8.78. The van der Waals surface area contributed by atoms with E-state index in [0.717, 1.165) is 22.4 Å². The monoisotopic (exact) mass is 360 g/mol. The number of likely N-dealkylation sites (tertiary alicyclic amines) is 1. The van der Waals surface area contributed by atoms with Gasteiger partial charge < -0.3 is 9.57 Å². The molecule has 3 aliphatic heterocycles. The largest absolute Gasteiger partial charge is 0.488 e. The fourth-order valence-corrected chi connectivity index (χ4v) is 3.68. The topological polar surface area (TPSA) is 68.2 Å². The number of carbonyl (C=O) groups excluding carboxylic acids is 2. The molecule has 0 N–H and O–H groups in total. The molecule has 3 aliphatic rings. The van der Waals surface area contributed by atoms with Crippen molar-refractivity contribution in [1.82, 2.24) is 4.90 Å². The van der Waals surface area contributed by atoms with E-state index in [2.05, 4.69) is 5.16 Å². The summed E-state index contributed by atoms with van der Waals surface area (Å²) in [6.45, 7) is 0.531. The van der Waals surface area contributed by atoms with Gasteiger partial charge in [0, 0.05) is 11.1 Å². The number of para-hydroxylation sites is 1. The van der Waals surface area contributed by atoms with E-state index in [9.17, 15) is 9.59 Å². The fourth-order valence-electron chi connectivity index (χ4n) is 3.68. The molecule has 0 aliphatic carbocycles. The molecule has 0 aromatic heterocycles. The lowest BCUT2D eigenvalue weighted by molar-refractivity contribution is -0.142. The van der Waals surface area contributed by atoms with Crippen molar-refractivity contribution in [3.8, 4) is 5.75 Å². The van der Waals surface area contributed by atoms with Gasteiger partial charge in [-0.05, 0) is 17.7 Å². The number of rotatable bonds is 3. The first kappa shape index (κ1) is 15.8. The van der Waals surface area contributed by atoms with Crippen LogP contribution < -0.4 is 4.74 Å². The molecular weight excluding hydrogens is 344 g/mol. The predicted molar refractivity (Wildman–Crippen MR) is 97.7 cm³/mol. The average Bonchev–Trinajstić information content (AvgIpc) is 3.25. The highest BCUT2D eigenvalue weighted by atomic mass is 16.7. The molecule has 2 atom stereocenters. The second-order valence-corrected chi connectivity index (χ2v) is 6.72. The molecule has 2 aromatic carbocycles. The maximum Gasteiger partial charge on any atom is 0.274 e. The minimum Gasteiger partial charge on any atom is -0.488 e. The molecule has 3 heterocycles. The van der Waals surface area contributed by atoms with Crippen LogP contribution in [0, 0.1) is 5.92 Å². The highest BCUT2D eigenvalue weighted by Gasteiger charge is 2.56. The van der Waals surface area contributed by atoms with Gasteiger partial charge in [0.15, 0.2) is 0 Å². The maximum absolute atomic E-state index is 13.0. The summed E-state index contributed by atoms with van der Waals surface area (Å²) < 4.78 is 5.77.